The molecule has 0 bridgehead atoms. The van der Waals surface area contributed by atoms with Gasteiger partial charge in [0.2, 0.25) is 0 Å². The molecule has 0 spiro atoms. The molecule has 1 aromatic heterocycles. The Balaban J connectivity index is 1.92. The predicted octanol–water partition coefficient (Wildman–Crippen LogP) is 2.46. The van der Waals surface area contributed by atoms with E-state index in [4.69, 9.17) is 10.2 Å². The zero-order chi connectivity index (χ0) is 11.4. The average Bonchev–Trinajstić information content (AvgIpc) is 2.77. The maximum absolute atomic E-state index is 5.84. The van der Waals surface area contributed by atoms with Gasteiger partial charge in [-0.3, -0.25) is 0 Å². The van der Waals surface area contributed by atoms with Gasteiger partial charge in [-0.25, -0.2) is 0 Å². The van der Waals surface area contributed by atoms with Gasteiger partial charge in [0.15, 0.2) is 0 Å². The first-order valence-corrected chi connectivity index (χ1v) is 5.34. The largest absolute Gasteiger partial charge is 0.468 e. The fraction of sp³-hybridized carbons (Fsp3) is 0.231. The summed E-state index contributed by atoms with van der Waals surface area (Å²) in [6.07, 6.45) is 1.68. The van der Waals surface area contributed by atoms with Crippen LogP contribution in [-0.2, 0) is 13.1 Å². The van der Waals surface area contributed by atoms with Gasteiger partial charge < -0.3 is 15.5 Å². The van der Waals surface area contributed by atoms with E-state index in [2.05, 4.69) is 11.4 Å². The molecule has 3 nitrogen and oxygen atoms in total. The third-order valence-electron chi connectivity index (χ3n) is 2.68. The van der Waals surface area contributed by atoms with E-state index >= 15 is 0 Å². The Hall–Kier alpha value is -1.74. The molecular formula is C13H16N2O. The molecule has 84 valence electrons. The number of nitrogens with one attached hydrogen (secondary N) is 1. The highest BCUT2D eigenvalue weighted by atomic mass is 16.3. The smallest absolute Gasteiger partial charge is 0.117 e. The molecule has 3 heteroatoms. The quantitative estimate of drug-likeness (QED) is 0.772. The number of furan rings is 1. The van der Waals surface area contributed by atoms with E-state index in [0.717, 1.165) is 30.1 Å². The highest BCUT2D eigenvalue weighted by Crippen LogP contribution is 2.15. The summed E-state index contributed by atoms with van der Waals surface area (Å²) in [7, 11) is 0. The van der Waals surface area contributed by atoms with Crippen LogP contribution in [-0.4, -0.2) is 0 Å². The molecular weight excluding hydrogens is 200 g/mol. The van der Waals surface area contributed by atoms with Crippen LogP contribution in [0.3, 0.4) is 0 Å². The topological polar surface area (TPSA) is 51.2 Å². The maximum atomic E-state index is 5.84. The zero-order valence-electron chi connectivity index (χ0n) is 9.36. The number of hydrogen-bond donors (Lipinski definition) is 2. The van der Waals surface area contributed by atoms with E-state index in [1.165, 1.54) is 5.56 Å². The summed E-state index contributed by atoms with van der Waals surface area (Å²) in [6.45, 7) is 3.58. The van der Waals surface area contributed by atoms with Gasteiger partial charge in [-0.1, -0.05) is 12.1 Å². The van der Waals surface area contributed by atoms with Crippen LogP contribution in [0, 0.1) is 6.92 Å². The molecule has 0 radical (unpaired) electrons. The third-order valence-corrected chi connectivity index (χ3v) is 2.68. The molecule has 0 aliphatic carbocycles. The standard InChI is InChI=1S/C13H16N2O/c1-10-11(4-2-6-13(10)14)8-15-9-12-5-3-7-16-12/h2-7,15H,8-9,14H2,1H3. The van der Waals surface area contributed by atoms with Crippen molar-refractivity contribution in [1.29, 1.82) is 0 Å². The number of nitrogens with two attached hydrogens (primary N) is 1. The molecule has 3 N–H and O–H groups in total. The van der Waals surface area contributed by atoms with E-state index in [9.17, 15) is 0 Å². The lowest BCUT2D eigenvalue weighted by atomic mass is 10.1. The normalized spacial score (nSPS) is 10.6. The summed E-state index contributed by atoms with van der Waals surface area (Å²) in [6, 6.07) is 9.83. The molecule has 2 aromatic rings. The molecule has 0 atom stereocenters. The fourth-order valence-corrected chi connectivity index (χ4v) is 1.63. The minimum absolute atomic E-state index is 0.737. The second-order valence-corrected chi connectivity index (χ2v) is 3.81. The monoisotopic (exact) mass is 216 g/mol. The van der Waals surface area contributed by atoms with Crippen LogP contribution in [0.2, 0.25) is 0 Å². The minimum Gasteiger partial charge on any atom is -0.468 e. The summed E-state index contributed by atoms with van der Waals surface area (Å²) in [5.74, 6) is 0.946. The minimum atomic E-state index is 0.737. The molecule has 2 rings (SSSR count). The van der Waals surface area contributed by atoms with Crippen LogP contribution in [0.1, 0.15) is 16.9 Å². The summed E-state index contributed by atoms with van der Waals surface area (Å²) in [5, 5.41) is 3.32. The first-order valence-electron chi connectivity index (χ1n) is 5.34. The van der Waals surface area contributed by atoms with E-state index in [1.54, 1.807) is 6.26 Å². The summed E-state index contributed by atoms with van der Waals surface area (Å²) in [5.41, 5.74) is 9.06. The number of rotatable bonds is 4. The van der Waals surface area contributed by atoms with Gasteiger partial charge in [-0.05, 0) is 36.2 Å². The SMILES string of the molecule is Cc1c(N)cccc1CNCc1ccco1. The Morgan fingerprint density at radius 1 is 1.19 bits per heavy atom. The van der Waals surface area contributed by atoms with Crippen LogP contribution in [0.25, 0.3) is 0 Å². The number of anilines is 1. The van der Waals surface area contributed by atoms with Crippen molar-refractivity contribution in [3.05, 3.63) is 53.5 Å². The Kier molecular flexibility index (Phi) is 3.27. The molecule has 0 saturated heterocycles. The first-order chi connectivity index (χ1) is 7.77. The number of nitrogen functional groups attached to an aromatic ring is 1. The average molecular weight is 216 g/mol. The summed E-state index contributed by atoms with van der Waals surface area (Å²) < 4.78 is 5.24. The van der Waals surface area contributed by atoms with Crippen LogP contribution in [0.4, 0.5) is 5.69 Å². The molecule has 0 fully saturated rings. The molecule has 0 saturated carbocycles. The second-order valence-electron chi connectivity index (χ2n) is 3.81. The molecule has 1 heterocycles. The number of hydrogen-bond acceptors (Lipinski definition) is 3. The third kappa shape index (κ3) is 2.44. The zero-order valence-corrected chi connectivity index (χ0v) is 9.36. The Morgan fingerprint density at radius 2 is 2.06 bits per heavy atom. The van der Waals surface area contributed by atoms with Crippen molar-refractivity contribution in [1.82, 2.24) is 5.32 Å². The van der Waals surface area contributed by atoms with Crippen LogP contribution < -0.4 is 11.1 Å². The second kappa shape index (κ2) is 4.86. The summed E-state index contributed by atoms with van der Waals surface area (Å²) in [4.78, 5) is 0. The van der Waals surface area contributed by atoms with Gasteiger partial charge in [0.1, 0.15) is 5.76 Å². The number of benzene rings is 1. The van der Waals surface area contributed by atoms with Crippen molar-refractivity contribution < 1.29 is 4.42 Å². The van der Waals surface area contributed by atoms with E-state index in [1.807, 2.05) is 31.2 Å². The maximum Gasteiger partial charge on any atom is 0.117 e. The van der Waals surface area contributed by atoms with Crippen molar-refractivity contribution in [3.8, 4) is 0 Å². The molecule has 0 amide bonds. The highest BCUT2D eigenvalue weighted by molar-refractivity contribution is 5.49. The van der Waals surface area contributed by atoms with E-state index in [0.29, 0.717) is 0 Å². The predicted molar refractivity (Wildman–Crippen MR) is 64.8 cm³/mol. The Morgan fingerprint density at radius 3 is 2.81 bits per heavy atom. The van der Waals surface area contributed by atoms with Crippen molar-refractivity contribution in [2.45, 2.75) is 20.0 Å². The van der Waals surface area contributed by atoms with Gasteiger partial charge >= 0.3 is 0 Å². The van der Waals surface area contributed by atoms with E-state index < -0.39 is 0 Å². The molecule has 16 heavy (non-hydrogen) atoms. The molecule has 0 aliphatic rings. The van der Waals surface area contributed by atoms with Gasteiger partial charge in [-0.15, -0.1) is 0 Å². The van der Waals surface area contributed by atoms with Gasteiger partial charge in [0.25, 0.3) is 0 Å². The lowest BCUT2D eigenvalue weighted by Gasteiger charge is -2.08. The van der Waals surface area contributed by atoms with Crippen molar-refractivity contribution in [3.63, 3.8) is 0 Å². The van der Waals surface area contributed by atoms with Crippen LogP contribution in [0.5, 0.6) is 0 Å². The lowest BCUT2D eigenvalue weighted by Crippen LogP contribution is -2.13. The van der Waals surface area contributed by atoms with Crippen LogP contribution in [0.15, 0.2) is 41.0 Å². The molecule has 0 unspecified atom stereocenters. The van der Waals surface area contributed by atoms with Crippen molar-refractivity contribution in [2.24, 2.45) is 0 Å². The van der Waals surface area contributed by atoms with E-state index in [-0.39, 0.29) is 0 Å². The molecule has 1 aromatic carbocycles. The first kappa shape index (κ1) is 10.8. The van der Waals surface area contributed by atoms with Gasteiger partial charge in [0.05, 0.1) is 12.8 Å². The fourth-order valence-electron chi connectivity index (χ4n) is 1.63. The van der Waals surface area contributed by atoms with Crippen molar-refractivity contribution in [2.75, 3.05) is 5.73 Å². The Labute approximate surface area is 95.3 Å². The molecule has 0 aliphatic heterocycles. The van der Waals surface area contributed by atoms with Crippen molar-refractivity contribution >= 4 is 5.69 Å². The van der Waals surface area contributed by atoms with Gasteiger partial charge in [-0.2, -0.15) is 0 Å². The highest BCUT2D eigenvalue weighted by Gasteiger charge is 2.01. The van der Waals surface area contributed by atoms with Crippen LogP contribution >= 0.6 is 0 Å². The Bertz CT molecular complexity index is 449. The summed E-state index contributed by atoms with van der Waals surface area (Å²) >= 11 is 0. The van der Waals surface area contributed by atoms with Gasteiger partial charge in [0, 0.05) is 12.2 Å². The lowest BCUT2D eigenvalue weighted by molar-refractivity contribution is 0.483.